The highest BCUT2D eigenvalue weighted by Crippen LogP contribution is 2.43. The Bertz CT molecular complexity index is 941. The van der Waals surface area contributed by atoms with Crippen molar-refractivity contribution in [3.05, 3.63) is 33.7 Å². The molecular weight excluding hydrogens is 317 g/mol. The summed E-state index contributed by atoms with van der Waals surface area (Å²) in [7, 11) is 0. The number of halogens is 3. The molecule has 0 amide bonds. The van der Waals surface area contributed by atoms with Crippen LogP contribution < -0.4 is 5.56 Å². The average Bonchev–Trinajstić information content (AvgIpc) is 2.75. The second-order valence-corrected chi connectivity index (χ2v) is 6.25. The van der Waals surface area contributed by atoms with E-state index in [2.05, 4.69) is 9.97 Å². The number of hydrogen-bond donors (Lipinski definition) is 2. The fourth-order valence-corrected chi connectivity index (χ4v) is 3.36. The highest BCUT2D eigenvalue weighted by atomic mass is 32.1. The van der Waals surface area contributed by atoms with E-state index in [1.54, 1.807) is 13.8 Å². The molecule has 8 heteroatoms. The molecule has 0 aromatic carbocycles. The van der Waals surface area contributed by atoms with E-state index in [9.17, 15) is 23.1 Å². The van der Waals surface area contributed by atoms with Crippen molar-refractivity contribution in [1.82, 2.24) is 9.97 Å². The number of aromatic hydroxyl groups is 1. The molecule has 0 aliphatic carbocycles. The largest absolute Gasteiger partial charge is 0.506 e. The summed E-state index contributed by atoms with van der Waals surface area (Å²) in [5.41, 5.74) is -1.23. The highest BCUT2D eigenvalue weighted by Gasteiger charge is 2.35. The maximum Gasteiger partial charge on any atom is 0.417 e. The zero-order valence-electron chi connectivity index (χ0n) is 11.6. The first kappa shape index (κ1) is 14.8. The van der Waals surface area contributed by atoms with Gasteiger partial charge in [0.15, 0.2) is 0 Å². The third-order valence-corrected chi connectivity index (χ3v) is 4.43. The number of H-pyrrole nitrogens is 1. The van der Waals surface area contributed by atoms with Gasteiger partial charge in [0.25, 0.3) is 5.56 Å². The number of aromatic amines is 1. The van der Waals surface area contributed by atoms with Crippen LogP contribution >= 0.6 is 11.3 Å². The Morgan fingerprint density at radius 2 is 2.00 bits per heavy atom. The third-order valence-electron chi connectivity index (χ3n) is 3.33. The van der Waals surface area contributed by atoms with Crippen LogP contribution in [0.2, 0.25) is 0 Å². The molecule has 0 fully saturated rings. The van der Waals surface area contributed by atoms with E-state index >= 15 is 0 Å². The van der Waals surface area contributed by atoms with Crippen LogP contribution in [0, 0.1) is 0 Å². The number of fused-ring (bicyclic) bond motifs is 3. The van der Waals surface area contributed by atoms with Crippen molar-refractivity contribution in [3.8, 4) is 5.75 Å². The molecule has 3 aromatic heterocycles. The fraction of sp³-hybridized carbons (Fsp3) is 0.286. The predicted octanol–water partition coefficient (Wildman–Crippen LogP) is 3.99. The Hall–Kier alpha value is -2.09. The number of nitrogens with one attached hydrogen (secondary N) is 1. The second-order valence-electron chi connectivity index (χ2n) is 5.25. The van der Waals surface area contributed by atoms with E-state index in [0.29, 0.717) is 5.69 Å². The van der Waals surface area contributed by atoms with Crippen molar-refractivity contribution in [1.29, 1.82) is 0 Å². The number of hydrogen-bond acceptors (Lipinski definition) is 4. The van der Waals surface area contributed by atoms with Gasteiger partial charge in [-0.3, -0.25) is 4.79 Å². The second kappa shape index (κ2) is 4.70. The molecule has 0 radical (unpaired) electrons. The van der Waals surface area contributed by atoms with Crippen molar-refractivity contribution in [2.45, 2.75) is 25.9 Å². The molecule has 22 heavy (non-hydrogen) atoms. The Kier molecular flexibility index (Phi) is 3.17. The smallest absolute Gasteiger partial charge is 0.417 e. The van der Waals surface area contributed by atoms with Gasteiger partial charge in [-0.1, -0.05) is 13.8 Å². The summed E-state index contributed by atoms with van der Waals surface area (Å²) in [5.74, 6) is -0.524. The van der Waals surface area contributed by atoms with E-state index in [1.165, 1.54) is 0 Å². The summed E-state index contributed by atoms with van der Waals surface area (Å²) in [6, 6.07) is 1.94. The van der Waals surface area contributed by atoms with Gasteiger partial charge in [0.1, 0.15) is 10.6 Å². The van der Waals surface area contributed by atoms with E-state index in [0.717, 1.165) is 23.5 Å². The van der Waals surface area contributed by atoms with Gasteiger partial charge in [-0.2, -0.15) is 13.2 Å². The molecule has 0 saturated heterocycles. The van der Waals surface area contributed by atoms with Crippen LogP contribution in [-0.2, 0) is 6.18 Å². The van der Waals surface area contributed by atoms with Crippen LogP contribution in [0.4, 0.5) is 13.2 Å². The highest BCUT2D eigenvalue weighted by molar-refractivity contribution is 7.25. The summed E-state index contributed by atoms with van der Waals surface area (Å²) in [5, 5.41) is 9.63. The lowest BCUT2D eigenvalue weighted by atomic mass is 10.0. The van der Waals surface area contributed by atoms with Gasteiger partial charge in [0.2, 0.25) is 0 Å². The zero-order chi connectivity index (χ0) is 16.2. The number of rotatable bonds is 1. The van der Waals surface area contributed by atoms with Gasteiger partial charge < -0.3 is 10.1 Å². The van der Waals surface area contributed by atoms with Crippen molar-refractivity contribution < 1.29 is 18.3 Å². The van der Waals surface area contributed by atoms with Crippen LogP contribution in [0.25, 0.3) is 20.4 Å². The SMILES string of the molecule is CC(C)c1cc(C(F)(F)F)c2c(n1)sc1c(O)cc(=O)[nH]c12. The average molecular weight is 328 g/mol. The molecule has 2 N–H and O–H groups in total. The normalized spacial score (nSPS) is 12.6. The molecule has 0 saturated carbocycles. The van der Waals surface area contributed by atoms with Crippen molar-refractivity contribution in [3.63, 3.8) is 0 Å². The van der Waals surface area contributed by atoms with Gasteiger partial charge in [-0.25, -0.2) is 4.98 Å². The molecule has 0 spiro atoms. The molecule has 0 bridgehead atoms. The maximum absolute atomic E-state index is 13.4. The van der Waals surface area contributed by atoms with Crippen LogP contribution in [0.1, 0.15) is 31.0 Å². The minimum absolute atomic E-state index is 0.0277. The summed E-state index contributed by atoms with van der Waals surface area (Å²) < 4.78 is 40.4. The van der Waals surface area contributed by atoms with E-state index in [4.69, 9.17) is 0 Å². The minimum atomic E-state index is -4.58. The van der Waals surface area contributed by atoms with Gasteiger partial charge in [0.05, 0.1) is 15.8 Å². The van der Waals surface area contributed by atoms with E-state index in [-0.39, 0.29) is 32.1 Å². The number of aromatic nitrogens is 2. The lowest BCUT2D eigenvalue weighted by Crippen LogP contribution is -2.09. The van der Waals surface area contributed by atoms with Gasteiger partial charge >= 0.3 is 6.18 Å². The third kappa shape index (κ3) is 2.23. The minimum Gasteiger partial charge on any atom is -0.506 e. The maximum atomic E-state index is 13.4. The Morgan fingerprint density at radius 3 is 2.59 bits per heavy atom. The number of alkyl halides is 3. The molecule has 116 valence electrons. The van der Waals surface area contributed by atoms with Crippen LogP contribution in [-0.4, -0.2) is 15.1 Å². The Labute approximate surface area is 126 Å². The van der Waals surface area contributed by atoms with Gasteiger partial charge in [-0.05, 0) is 12.0 Å². The van der Waals surface area contributed by atoms with Crippen LogP contribution in [0.3, 0.4) is 0 Å². The van der Waals surface area contributed by atoms with Gasteiger partial charge in [-0.15, -0.1) is 11.3 Å². The molecule has 3 heterocycles. The summed E-state index contributed by atoms with van der Waals surface area (Å²) in [6.07, 6.45) is -4.58. The van der Waals surface area contributed by atoms with E-state index < -0.39 is 17.3 Å². The standard InChI is InChI=1S/C14H11F3N2O2S/c1-5(2)7-3-6(14(15,16)17)10-11-12(22-13(10)18-7)8(20)4-9(21)19-11/h3-5H,1-2H3,(H2,19,20,21). The first-order valence-electron chi connectivity index (χ1n) is 6.45. The first-order valence-corrected chi connectivity index (χ1v) is 7.26. The molecule has 3 rings (SSSR count). The Morgan fingerprint density at radius 1 is 1.32 bits per heavy atom. The molecule has 0 atom stereocenters. The molecule has 0 aliphatic heterocycles. The Balaban J connectivity index is 2.55. The lowest BCUT2D eigenvalue weighted by Gasteiger charge is -2.12. The topological polar surface area (TPSA) is 66.0 Å². The summed E-state index contributed by atoms with van der Waals surface area (Å²) >= 11 is 0.928. The van der Waals surface area contributed by atoms with Gasteiger partial charge in [0, 0.05) is 17.1 Å². The quantitative estimate of drug-likeness (QED) is 0.710. The van der Waals surface area contributed by atoms with Crippen molar-refractivity contribution >= 4 is 31.8 Å². The molecule has 3 aromatic rings. The summed E-state index contributed by atoms with van der Waals surface area (Å²) in [4.78, 5) is 18.2. The first-order chi connectivity index (χ1) is 10.2. The lowest BCUT2D eigenvalue weighted by molar-refractivity contribution is -0.136. The van der Waals surface area contributed by atoms with Crippen molar-refractivity contribution in [2.24, 2.45) is 0 Å². The van der Waals surface area contributed by atoms with Crippen LogP contribution in [0.5, 0.6) is 5.75 Å². The molecular formula is C14H11F3N2O2S. The number of pyridine rings is 2. The van der Waals surface area contributed by atoms with E-state index in [1.807, 2.05) is 0 Å². The number of nitrogens with zero attached hydrogens (tertiary/aromatic N) is 1. The zero-order valence-corrected chi connectivity index (χ0v) is 12.4. The summed E-state index contributed by atoms with van der Waals surface area (Å²) in [6.45, 7) is 3.50. The van der Waals surface area contributed by atoms with Crippen molar-refractivity contribution in [2.75, 3.05) is 0 Å². The molecule has 0 unspecified atom stereocenters. The predicted molar refractivity (Wildman–Crippen MR) is 78.5 cm³/mol. The molecule has 0 aliphatic rings. The van der Waals surface area contributed by atoms with Crippen LogP contribution in [0.15, 0.2) is 16.9 Å². The molecule has 4 nitrogen and oxygen atoms in total. The monoisotopic (exact) mass is 328 g/mol. The number of thiophene rings is 1. The fourth-order valence-electron chi connectivity index (χ4n) is 2.29.